The molecule has 8 nitrogen and oxygen atoms in total. The summed E-state index contributed by atoms with van der Waals surface area (Å²) in [6.45, 7) is 8.47. The second-order valence-electron chi connectivity index (χ2n) is 7.81. The molecule has 3 rings (SSSR count). The molecule has 0 aromatic heterocycles. The fourth-order valence-corrected chi connectivity index (χ4v) is 3.13. The molecule has 1 amide bonds. The van der Waals surface area contributed by atoms with Crippen LogP contribution in [0.1, 0.15) is 40.9 Å². The molecule has 0 aliphatic heterocycles. The van der Waals surface area contributed by atoms with Crippen molar-refractivity contribution >= 4 is 18.1 Å². The molecule has 0 bridgehead atoms. The zero-order valence-electron chi connectivity index (χ0n) is 20.9. The van der Waals surface area contributed by atoms with Gasteiger partial charge in [-0.05, 0) is 99.0 Å². The molecule has 0 spiro atoms. The summed E-state index contributed by atoms with van der Waals surface area (Å²) in [6.07, 6.45) is 1.47. The SMILES string of the molecule is CCOc1ccc(C(=O)Oc2ccc(C=NNC(=O)COc3ccc(C)c(C)c3)cc2OCC)cc1. The van der Waals surface area contributed by atoms with E-state index in [0.29, 0.717) is 41.6 Å². The van der Waals surface area contributed by atoms with Gasteiger partial charge in [0.1, 0.15) is 11.5 Å². The summed E-state index contributed by atoms with van der Waals surface area (Å²) < 4.78 is 22.1. The number of benzene rings is 3. The zero-order valence-corrected chi connectivity index (χ0v) is 20.9. The molecule has 0 heterocycles. The molecule has 0 atom stereocenters. The Hall–Kier alpha value is -4.33. The normalized spacial score (nSPS) is 10.7. The molecule has 0 radical (unpaired) electrons. The topological polar surface area (TPSA) is 95.5 Å². The Labute approximate surface area is 210 Å². The summed E-state index contributed by atoms with van der Waals surface area (Å²) in [7, 11) is 0. The average molecular weight is 491 g/mol. The first kappa shape index (κ1) is 26.3. The maximum atomic E-state index is 12.6. The Balaban J connectivity index is 1.58. The standard InChI is InChI=1S/C28H30N2O6/c1-5-33-23-12-9-22(10-13-23)28(32)36-25-14-8-21(16-26(25)34-6-2)17-29-30-27(31)18-35-24-11-7-19(3)20(4)15-24/h7-17H,5-6,18H2,1-4H3,(H,30,31). The number of carbonyl (C=O) groups is 2. The quantitative estimate of drug-likeness (QED) is 0.179. The summed E-state index contributed by atoms with van der Waals surface area (Å²) in [5.41, 5.74) is 5.70. The van der Waals surface area contributed by atoms with E-state index in [1.165, 1.54) is 6.21 Å². The lowest BCUT2D eigenvalue weighted by atomic mass is 10.1. The van der Waals surface area contributed by atoms with E-state index in [9.17, 15) is 9.59 Å². The Morgan fingerprint density at radius 2 is 1.53 bits per heavy atom. The van der Waals surface area contributed by atoms with Crippen molar-refractivity contribution < 1.29 is 28.5 Å². The fraction of sp³-hybridized carbons (Fsp3) is 0.250. The monoisotopic (exact) mass is 490 g/mol. The Kier molecular flexibility index (Phi) is 9.45. The molecule has 0 saturated carbocycles. The second-order valence-corrected chi connectivity index (χ2v) is 7.81. The van der Waals surface area contributed by atoms with Crippen molar-refractivity contribution in [2.45, 2.75) is 27.7 Å². The van der Waals surface area contributed by atoms with Crippen molar-refractivity contribution in [3.05, 3.63) is 82.9 Å². The van der Waals surface area contributed by atoms with Crippen LogP contribution in [0.2, 0.25) is 0 Å². The van der Waals surface area contributed by atoms with Gasteiger partial charge in [0, 0.05) is 0 Å². The van der Waals surface area contributed by atoms with Crippen molar-refractivity contribution in [1.29, 1.82) is 0 Å². The van der Waals surface area contributed by atoms with Gasteiger partial charge in [-0.3, -0.25) is 4.79 Å². The minimum Gasteiger partial charge on any atom is -0.494 e. The summed E-state index contributed by atoms with van der Waals surface area (Å²) in [4.78, 5) is 24.6. The van der Waals surface area contributed by atoms with Crippen molar-refractivity contribution in [3.63, 3.8) is 0 Å². The summed E-state index contributed by atoms with van der Waals surface area (Å²) in [5, 5.41) is 3.97. The number of esters is 1. The van der Waals surface area contributed by atoms with Crippen LogP contribution >= 0.6 is 0 Å². The molecule has 0 aliphatic carbocycles. The summed E-state index contributed by atoms with van der Waals surface area (Å²) in [5.74, 6) is 1.04. The highest BCUT2D eigenvalue weighted by Crippen LogP contribution is 2.29. The number of nitrogens with one attached hydrogen (secondary N) is 1. The smallest absolute Gasteiger partial charge is 0.343 e. The third-order valence-corrected chi connectivity index (χ3v) is 5.12. The van der Waals surface area contributed by atoms with E-state index in [0.717, 1.165) is 11.1 Å². The van der Waals surface area contributed by atoms with E-state index in [1.807, 2.05) is 45.9 Å². The minimum atomic E-state index is -0.517. The number of hydrogen-bond donors (Lipinski definition) is 1. The van der Waals surface area contributed by atoms with Crippen LogP contribution in [-0.2, 0) is 4.79 Å². The van der Waals surface area contributed by atoms with Crippen molar-refractivity contribution in [2.24, 2.45) is 5.10 Å². The zero-order chi connectivity index (χ0) is 25.9. The van der Waals surface area contributed by atoms with Gasteiger partial charge in [0.05, 0.1) is 25.0 Å². The number of aryl methyl sites for hydroxylation is 2. The molecule has 0 fully saturated rings. The minimum absolute atomic E-state index is 0.162. The second kappa shape index (κ2) is 12.9. The van der Waals surface area contributed by atoms with Gasteiger partial charge >= 0.3 is 5.97 Å². The van der Waals surface area contributed by atoms with E-state index >= 15 is 0 Å². The molecular weight excluding hydrogens is 460 g/mol. The third-order valence-electron chi connectivity index (χ3n) is 5.12. The van der Waals surface area contributed by atoms with Crippen LogP contribution < -0.4 is 24.4 Å². The van der Waals surface area contributed by atoms with Gasteiger partial charge in [-0.1, -0.05) is 6.07 Å². The first-order chi connectivity index (χ1) is 17.4. The lowest BCUT2D eigenvalue weighted by molar-refractivity contribution is -0.123. The van der Waals surface area contributed by atoms with Crippen molar-refractivity contribution in [1.82, 2.24) is 5.43 Å². The number of hydrazone groups is 1. The molecule has 36 heavy (non-hydrogen) atoms. The van der Waals surface area contributed by atoms with Crippen LogP contribution in [-0.4, -0.2) is 37.9 Å². The highest BCUT2D eigenvalue weighted by atomic mass is 16.6. The number of rotatable bonds is 11. The summed E-state index contributed by atoms with van der Waals surface area (Å²) >= 11 is 0. The van der Waals surface area contributed by atoms with Crippen LogP contribution in [0.25, 0.3) is 0 Å². The van der Waals surface area contributed by atoms with E-state index in [4.69, 9.17) is 18.9 Å². The van der Waals surface area contributed by atoms with E-state index in [1.54, 1.807) is 42.5 Å². The average Bonchev–Trinajstić information content (AvgIpc) is 2.87. The summed E-state index contributed by atoms with van der Waals surface area (Å²) in [6, 6.07) is 17.3. The Morgan fingerprint density at radius 3 is 2.22 bits per heavy atom. The van der Waals surface area contributed by atoms with Gasteiger partial charge in [-0.25, -0.2) is 10.2 Å². The van der Waals surface area contributed by atoms with E-state index in [2.05, 4.69) is 10.5 Å². The molecule has 1 N–H and O–H groups in total. The van der Waals surface area contributed by atoms with Gasteiger partial charge in [-0.2, -0.15) is 5.10 Å². The van der Waals surface area contributed by atoms with Crippen LogP contribution in [0.3, 0.4) is 0 Å². The first-order valence-corrected chi connectivity index (χ1v) is 11.6. The number of hydrogen-bond acceptors (Lipinski definition) is 7. The molecule has 3 aromatic rings. The van der Waals surface area contributed by atoms with Crippen LogP contribution in [0.4, 0.5) is 0 Å². The van der Waals surface area contributed by atoms with Gasteiger partial charge < -0.3 is 18.9 Å². The number of ether oxygens (including phenoxy) is 4. The van der Waals surface area contributed by atoms with Crippen LogP contribution in [0.15, 0.2) is 65.8 Å². The highest BCUT2D eigenvalue weighted by molar-refractivity contribution is 5.92. The lowest BCUT2D eigenvalue weighted by Gasteiger charge is -2.11. The van der Waals surface area contributed by atoms with Crippen LogP contribution in [0, 0.1) is 13.8 Å². The number of carbonyl (C=O) groups excluding carboxylic acids is 2. The molecule has 8 heteroatoms. The predicted octanol–water partition coefficient (Wildman–Crippen LogP) is 4.85. The lowest BCUT2D eigenvalue weighted by Crippen LogP contribution is -2.24. The van der Waals surface area contributed by atoms with Gasteiger partial charge in [0.2, 0.25) is 0 Å². The van der Waals surface area contributed by atoms with E-state index in [-0.39, 0.29) is 12.4 Å². The number of nitrogens with zero attached hydrogens (tertiary/aromatic N) is 1. The Bertz CT molecular complexity index is 1220. The van der Waals surface area contributed by atoms with Gasteiger partial charge in [0.25, 0.3) is 5.91 Å². The molecule has 0 unspecified atom stereocenters. The van der Waals surface area contributed by atoms with Crippen molar-refractivity contribution in [2.75, 3.05) is 19.8 Å². The third kappa shape index (κ3) is 7.59. The molecule has 0 aliphatic rings. The number of amides is 1. The maximum Gasteiger partial charge on any atom is 0.343 e. The fourth-order valence-electron chi connectivity index (χ4n) is 3.13. The highest BCUT2D eigenvalue weighted by Gasteiger charge is 2.13. The first-order valence-electron chi connectivity index (χ1n) is 11.6. The van der Waals surface area contributed by atoms with Gasteiger partial charge in [0.15, 0.2) is 18.1 Å². The molecule has 3 aromatic carbocycles. The molecule has 0 saturated heterocycles. The molecular formula is C28H30N2O6. The van der Waals surface area contributed by atoms with E-state index < -0.39 is 11.9 Å². The van der Waals surface area contributed by atoms with Gasteiger partial charge in [-0.15, -0.1) is 0 Å². The molecule has 188 valence electrons. The predicted molar refractivity (Wildman–Crippen MR) is 137 cm³/mol. The Morgan fingerprint density at radius 1 is 0.806 bits per heavy atom. The van der Waals surface area contributed by atoms with Crippen LogP contribution in [0.5, 0.6) is 23.0 Å². The van der Waals surface area contributed by atoms with Crippen molar-refractivity contribution in [3.8, 4) is 23.0 Å². The largest absolute Gasteiger partial charge is 0.494 e. The maximum absolute atomic E-state index is 12.6.